The highest BCUT2D eigenvalue weighted by atomic mass is 35.5. The van der Waals surface area contributed by atoms with E-state index in [9.17, 15) is 4.79 Å². The molecule has 3 aromatic rings. The van der Waals surface area contributed by atoms with Crippen LogP contribution in [0.1, 0.15) is 24.1 Å². The van der Waals surface area contributed by atoms with E-state index in [2.05, 4.69) is 25.3 Å². The molecule has 1 saturated heterocycles. The van der Waals surface area contributed by atoms with Crippen LogP contribution < -0.4 is 10.2 Å². The van der Waals surface area contributed by atoms with Gasteiger partial charge in [-0.25, -0.2) is 4.98 Å². The number of aryl methyl sites for hydroxylation is 1. The summed E-state index contributed by atoms with van der Waals surface area (Å²) in [6, 6.07) is 9.52. The highest BCUT2D eigenvalue weighted by Gasteiger charge is 2.27. The summed E-state index contributed by atoms with van der Waals surface area (Å²) >= 11 is 5.91. The molecule has 0 unspecified atom stereocenters. The Morgan fingerprint density at radius 1 is 1.33 bits per heavy atom. The van der Waals surface area contributed by atoms with E-state index >= 15 is 0 Å². The quantitative estimate of drug-likeness (QED) is 0.748. The van der Waals surface area contributed by atoms with Crippen LogP contribution >= 0.6 is 11.6 Å². The van der Waals surface area contributed by atoms with Crippen molar-refractivity contribution in [3.05, 3.63) is 52.9 Å². The SMILES string of the molecule is Cc1cc(N2CCC[C@@H](C(=O)NCc3ccc(Cl)cc3)C2)n2ncnc2n1. The molecular formula is C19H21ClN6O. The first-order valence-electron chi connectivity index (χ1n) is 9.04. The zero-order chi connectivity index (χ0) is 18.8. The second kappa shape index (κ2) is 7.52. The predicted molar refractivity (Wildman–Crippen MR) is 104 cm³/mol. The molecule has 1 atom stereocenters. The van der Waals surface area contributed by atoms with Crippen molar-refractivity contribution in [2.75, 3.05) is 18.0 Å². The van der Waals surface area contributed by atoms with Gasteiger partial charge in [-0.3, -0.25) is 4.79 Å². The molecule has 1 aliphatic heterocycles. The molecule has 1 fully saturated rings. The third-order valence-electron chi connectivity index (χ3n) is 4.86. The van der Waals surface area contributed by atoms with Gasteiger partial charge in [0.25, 0.3) is 5.78 Å². The molecule has 7 nitrogen and oxygen atoms in total. The molecule has 1 aromatic carbocycles. The average molecular weight is 385 g/mol. The lowest BCUT2D eigenvalue weighted by Gasteiger charge is -2.33. The van der Waals surface area contributed by atoms with Crippen LogP contribution in [0.4, 0.5) is 5.82 Å². The molecule has 0 aliphatic carbocycles. The Morgan fingerprint density at radius 3 is 2.96 bits per heavy atom. The number of fused-ring (bicyclic) bond motifs is 1. The van der Waals surface area contributed by atoms with Crippen molar-refractivity contribution in [2.45, 2.75) is 26.3 Å². The molecule has 1 amide bonds. The smallest absolute Gasteiger partial charge is 0.254 e. The molecule has 1 aliphatic rings. The number of nitrogens with zero attached hydrogens (tertiary/aromatic N) is 5. The molecule has 8 heteroatoms. The van der Waals surface area contributed by atoms with Crippen molar-refractivity contribution in [1.29, 1.82) is 0 Å². The molecule has 2 aromatic heterocycles. The highest BCUT2D eigenvalue weighted by molar-refractivity contribution is 6.30. The number of piperidine rings is 1. The predicted octanol–water partition coefficient (Wildman–Crippen LogP) is 2.62. The molecule has 0 radical (unpaired) electrons. The minimum absolute atomic E-state index is 0.0573. The Hall–Kier alpha value is -2.67. The zero-order valence-electron chi connectivity index (χ0n) is 15.1. The van der Waals surface area contributed by atoms with Gasteiger partial charge in [0.2, 0.25) is 5.91 Å². The number of hydrogen-bond donors (Lipinski definition) is 1. The Bertz CT molecular complexity index is 954. The van der Waals surface area contributed by atoms with E-state index in [1.165, 1.54) is 6.33 Å². The van der Waals surface area contributed by atoms with Gasteiger partial charge in [0.15, 0.2) is 0 Å². The van der Waals surface area contributed by atoms with Crippen molar-refractivity contribution in [3.63, 3.8) is 0 Å². The third-order valence-corrected chi connectivity index (χ3v) is 5.11. The molecule has 3 heterocycles. The van der Waals surface area contributed by atoms with E-state index in [1.54, 1.807) is 4.52 Å². The highest BCUT2D eigenvalue weighted by Crippen LogP contribution is 2.24. The maximum Gasteiger partial charge on any atom is 0.254 e. The largest absolute Gasteiger partial charge is 0.356 e. The standard InChI is InChI=1S/C19H21ClN6O/c1-13-9-17(26-19(24-13)22-12-23-26)25-8-2-3-15(11-25)18(27)21-10-14-4-6-16(20)7-5-14/h4-7,9,12,15H,2-3,8,10-11H2,1H3,(H,21,27)/t15-/m1/s1. The molecule has 140 valence electrons. The van der Waals surface area contributed by atoms with Crippen LogP contribution in [0.3, 0.4) is 0 Å². The van der Waals surface area contributed by atoms with E-state index in [4.69, 9.17) is 11.6 Å². The van der Waals surface area contributed by atoms with Crippen LogP contribution in [0, 0.1) is 12.8 Å². The Labute approximate surface area is 162 Å². The summed E-state index contributed by atoms with van der Waals surface area (Å²) in [7, 11) is 0. The first-order valence-corrected chi connectivity index (χ1v) is 9.42. The monoisotopic (exact) mass is 384 g/mol. The van der Waals surface area contributed by atoms with Gasteiger partial charge in [-0.05, 0) is 37.5 Å². The van der Waals surface area contributed by atoms with Gasteiger partial charge in [0, 0.05) is 36.4 Å². The van der Waals surface area contributed by atoms with Crippen molar-refractivity contribution in [3.8, 4) is 0 Å². The van der Waals surface area contributed by atoms with Crippen molar-refractivity contribution < 1.29 is 4.79 Å². The number of benzene rings is 1. The molecular weight excluding hydrogens is 364 g/mol. The van der Waals surface area contributed by atoms with Crippen molar-refractivity contribution in [2.24, 2.45) is 5.92 Å². The first kappa shape index (κ1) is 17.7. The number of carbonyl (C=O) groups excluding carboxylic acids is 1. The van der Waals surface area contributed by atoms with Crippen LogP contribution in [0.2, 0.25) is 5.02 Å². The molecule has 0 bridgehead atoms. The minimum atomic E-state index is -0.0573. The van der Waals surface area contributed by atoms with Gasteiger partial charge >= 0.3 is 0 Å². The summed E-state index contributed by atoms with van der Waals surface area (Å²) in [5, 5.41) is 8.02. The van der Waals surface area contributed by atoms with Crippen LogP contribution in [0.25, 0.3) is 5.78 Å². The number of aromatic nitrogens is 4. The van der Waals surface area contributed by atoms with Gasteiger partial charge in [0.05, 0.1) is 5.92 Å². The maximum absolute atomic E-state index is 12.7. The van der Waals surface area contributed by atoms with E-state index in [1.807, 2.05) is 37.3 Å². The summed E-state index contributed by atoms with van der Waals surface area (Å²) in [6.07, 6.45) is 3.34. The molecule has 1 N–H and O–H groups in total. The van der Waals surface area contributed by atoms with E-state index in [-0.39, 0.29) is 11.8 Å². The average Bonchev–Trinajstić information content (AvgIpc) is 3.15. The molecule has 0 spiro atoms. The first-order chi connectivity index (χ1) is 13.1. The number of amides is 1. The van der Waals surface area contributed by atoms with Gasteiger partial charge in [-0.2, -0.15) is 14.6 Å². The molecule has 0 saturated carbocycles. The van der Waals surface area contributed by atoms with Gasteiger partial charge in [-0.1, -0.05) is 23.7 Å². The fourth-order valence-electron chi connectivity index (χ4n) is 3.47. The summed E-state index contributed by atoms with van der Waals surface area (Å²) < 4.78 is 1.74. The third kappa shape index (κ3) is 3.88. The number of hydrogen-bond acceptors (Lipinski definition) is 5. The van der Waals surface area contributed by atoms with Gasteiger partial charge in [0.1, 0.15) is 12.1 Å². The second-order valence-corrected chi connectivity index (χ2v) is 7.29. The van der Waals surface area contributed by atoms with Crippen LogP contribution in [0.5, 0.6) is 0 Å². The summed E-state index contributed by atoms with van der Waals surface area (Å²) in [6.45, 7) is 4.00. The normalized spacial score (nSPS) is 17.3. The Kier molecular flexibility index (Phi) is 4.94. The van der Waals surface area contributed by atoms with Crippen molar-refractivity contribution in [1.82, 2.24) is 24.9 Å². The lowest BCUT2D eigenvalue weighted by molar-refractivity contribution is -0.125. The number of halogens is 1. The fourth-order valence-corrected chi connectivity index (χ4v) is 3.60. The molecule has 27 heavy (non-hydrogen) atoms. The van der Waals surface area contributed by atoms with Gasteiger partial charge < -0.3 is 10.2 Å². The number of nitrogens with one attached hydrogen (secondary N) is 1. The second-order valence-electron chi connectivity index (χ2n) is 6.86. The summed E-state index contributed by atoms with van der Waals surface area (Å²) in [5.74, 6) is 1.54. The topological polar surface area (TPSA) is 75.4 Å². The Balaban J connectivity index is 1.45. The van der Waals surface area contributed by atoms with Crippen molar-refractivity contribution >= 4 is 29.1 Å². The van der Waals surface area contributed by atoms with Crippen LogP contribution in [-0.2, 0) is 11.3 Å². The number of carbonyl (C=O) groups is 1. The van der Waals surface area contributed by atoms with Crippen LogP contribution in [-0.4, -0.2) is 38.6 Å². The fraction of sp³-hybridized carbons (Fsp3) is 0.368. The lowest BCUT2D eigenvalue weighted by atomic mass is 9.97. The lowest BCUT2D eigenvalue weighted by Crippen LogP contribution is -2.43. The zero-order valence-corrected chi connectivity index (χ0v) is 15.9. The number of rotatable bonds is 4. The van der Waals surface area contributed by atoms with E-state index in [0.29, 0.717) is 23.9 Å². The molecule has 4 rings (SSSR count). The van der Waals surface area contributed by atoms with E-state index in [0.717, 1.165) is 36.5 Å². The van der Waals surface area contributed by atoms with E-state index < -0.39 is 0 Å². The summed E-state index contributed by atoms with van der Waals surface area (Å²) in [4.78, 5) is 23.5. The maximum atomic E-state index is 12.7. The van der Waals surface area contributed by atoms with Gasteiger partial charge in [-0.15, -0.1) is 0 Å². The van der Waals surface area contributed by atoms with Crippen LogP contribution in [0.15, 0.2) is 36.7 Å². The summed E-state index contributed by atoms with van der Waals surface area (Å²) in [5.41, 5.74) is 1.93. The number of anilines is 1. The Morgan fingerprint density at radius 2 is 2.15 bits per heavy atom. The minimum Gasteiger partial charge on any atom is -0.356 e.